The highest BCUT2D eigenvalue weighted by Crippen LogP contribution is 2.53. The highest BCUT2D eigenvalue weighted by Gasteiger charge is 2.29. The summed E-state index contributed by atoms with van der Waals surface area (Å²) in [4.78, 5) is 9.87. The Hall–Kier alpha value is -6.43. The summed E-state index contributed by atoms with van der Waals surface area (Å²) in [5.41, 5.74) is 9.47. The summed E-state index contributed by atoms with van der Waals surface area (Å²) in [7, 11) is 0. The molecule has 0 unspecified atom stereocenters. The lowest BCUT2D eigenvalue weighted by molar-refractivity contribution is 0.669. The minimum Gasteiger partial charge on any atom is -0.452 e. The fourth-order valence-electron chi connectivity index (χ4n) is 7.18. The van der Waals surface area contributed by atoms with E-state index in [4.69, 9.17) is 9.40 Å². The molecule has 0 aliphatic carbocycles. The molecule has 0 saturated heterocycles. The van der Waals surface area contributed by atoms with Crippen LogP contribution in [0.3, 0.4) is 0 Å². The molecule has 0 radical (unpaired) electrons. The molecule has 10 rings (SSSR count). The molecule has 0 aliphatic rings. The lowest BCUT2D eigenvalue weighted by Gasteiger charge is -2.33. The van der Waals surface area contributed by atoms with Gasteiger partial charge in [0.15, 0.2) is 11.2 Å². The van der Waals surface area contributed by atoms with Crippen LogP contribution in [-0.2, 0) is 0 Å². The predicted octanol–water partition coefficient (Wildman–Crippen LogP) is 13.4. The summed E-state index contributed by atoms with van der Waals surface area (Å²) in [5, 5.41) is 4.51. The first-order valence-electron chi connectivity index (χ1n) is 16.7. The molecule has 5 heteroatoms. The normalized spacial score (nSPS) is 11.6. The minimum atomic E-state index is 0.760. The van der Waals surface area contributed by atoms with Gasteiger partial charge in [0.2, 0.25) is 0 Å². The molecule has 7 aromatic carbocycles. The number of furan rings is 1. The first-order valence-corrected chi connectivity index (χ1v) is 17.5. The van der Waals surface area contributed by atoms with E-state index in [1.54, 1.807) is 0 Å². The third-order valence-electron chi connectivity index (χ3n) is 9.40. The first kappa shape index (κ1) is 28.6. The van der Waals surface area contributed by atoms with E-state index in [1.165, 1.54) is 20.2 Å². The number of fused-ring (bicyclic) bond motifs is 7. The molecular formula is C45H29N3OS. The first-order chi connectivity index (χ1) is 24.8. The van der Waals surface area contributed by atoms with Crippen molar-refractivity contribution in [1.82, 2.24) is 4.98 Å². The van der Waals surface area contributed by atoms with Crippen LogP contribution in [0.1, 0.15) is 0 Å². The smallest absolute Gasteiger partial charge is 0.163 e. The molecule has 0 aliphatic heterocycles. The van der Waals surface area contributed by atoms with Crippen molar-refractivity contribution in [3.05, 3.63) is 176 Å². The molecule has 3 aromatic heterocycles. The van der Waals surface area contributed by atoms with Gasteiger partial charge in [0, 0.05) is 43.3 Å². The summed E-state index contributed by atoms with van der Waals surface area (Å²) in [6.07, 6.45) is 0. The summed E-state index contributed by atoms with van der Waals surface area (Å²) in [6, 6.07) is 61.8. The number of hydrogen-bond donors (Lipinski definition) is 0. The highest BCUT2D eigenvalue weighted by molar-refractivity contribution is 7.26. The second kappa shape index (κ2) is 11.6. The van der Waals surface area contributed by atoms with Crippen LogP contribution in [0.25, 0.3) is 53.1 Å². The van der Waals surface area contributed by atoms with Gasteiger partial charge in [-0.15, -0.1) is 11.3 Å². The Bertz CT molecular complexity index is 2790. The second-order valence-corrected chi connectivity index (χ2v) is 13.4. The molecule has 0 amide bonds. The molecule has 3 heterocycles. The number of thiophene rings is 1. The number of nitrogens with zero attached hydrogens (tertiary/aromatic N) is 3. The molecule has 0 spiro atoms. The van der Waals surface area contributed by atoms with Gasteiger partial charge in [0.25, 0.3) is 0 Å². The van der Waals surface area contributed by atoms with Crippen molar-refractivity contribution >= 4 is 98.6 Å². The summed E-state index contributed by atoms with van der Waals surface area (Å²) in [6.45, 7) is 0. The molecule has 10 aromatic rings. The van der Waals surface area contributed by atoms with Crippen molar-refractivity contribution in [2.45, 2.75) is 0 Å². The Balaban J connectivity index is 1.37. The van der Waals surface area contributed by atoms with Crippen LogP contribution < -0.4 is 9.80 Å². The SMILES string of the molecule is c1ccc(N(c2ccccc2)c2ccc3c(oc4cc5ccccc5nc43)c2N(c2ccccc2)c2cccc3c2sc2ccccc23)cc1. The number of aromatic nitrogens is 1. The fourth-order valence-corrected chi connectivity index (χ4v) is 8.39. The Kier molecular flexibility index (Phi) is 6.64. The molecule has 0 atom stereocenters. The molecule has 4 nitrogen and oxygen atoms in total. The second-order valence-electron chi connectivity index (χ2n) is 12.4. The van der Waals surface area contributed by atoms with E-state index in [1.807, 2.05) is 23.5 Å². The third-order valence-corrected chi connectivity index (χ3v) is 10.6. The number of para-hydroxylation sites is 4. The average molecular weight is 660 g/mol. The van der Waals surface area contributed by atoms with Crippen molar-refractivity contribution in [3.8, 4) is 0 Å². The van der Waals surface area contributed by atoms with E-state index in [-0.39, 0.29) is 0 Å². The van der Waals surface area contributed by atoms with Crippen molar-refractivity contribution in [1.29, 1.82) is 0 Å². The van der Waals surface area contributed by atoms with Crippen LogP contribution >= 0.6 is 11.3 Å². The maximum Gasteiger partial charge on any atom is 0.163 e. The summed E-state index contributed by atoms with van der Waals surface area (Å²) >= 11 is 1.83. The van der Waals surface area contributed by atoms with Crippen molar-refractivity contribution in [3.63, 3.8) is 0 Å². The summed E-state index contributed by atoms with van der Waals surface area (Å²) < 4.78 is 9.50. The fraction of sp³-hybridized carbons (Fsp3) is 0. The molecule has 50 heavy (non-hydrogen) atoms. The zero-order valence-electron chi connectivity index (χ0n) is 26.9. The number of hydrogen-bond acceptors (Lipinski definition) is 5. The van der Waals surface area contributed by atoms with Crippen LogP contribution in [0.5, 0.6) is 0 Å². The summed E-state index contributed by atoms with van der Waals surface area (Å²) in [5.74, 6) is 0. The van der Waals surface area contributed by atoms with Crippen molar-refractivity contribution < 1.29 is 4.42 Å². The Labute approximate surface area is 292 Å². The van der Waals surface area contributed by atoms with E-state index < -0.39 is 0 Å². The predicted molar refractivity (Wildman–Crippen MR) is 211 cm³/mol. The largest absolute Gasteiger partial charge is 0.452 e. The van der Waals surface area contributed by atoms with E-state index >= 15 is 0 Å². The van der Waals surface area contributed by atoms with Crippen LogP contribution in [0, 0.1) is 0 Å². The molecule has 0 fully saturated rings. The van der Waals surface area contributed by atoms with Gasteiger partial charge in [0.05, 0.1) is 21.6 Å². The minimum absolute atomic E-state index is 0.760. The van der Waals surface area contributed by atoms with Crippen LogP contribution in [0.2, 0.25) is 0 Å². The van der Waals surface area contributed by atoms with E-state index in [2.05, 4.69) is 174 Å². The van der Waals surface area contributed by atoms with Crippen molar-refractivity contribution in [2.24, 2.45) is 0 Å². The highest BCUT2D eigenvalue weighted by atomic mass is 32.1. The van der Waals surface area contributed by atoms with E-state index in [0.29, 0.717) is 0 Å². The van der Waals surface area contributed by atoms with Gasteiger partial charge in [0.1, 0.15) is 11.2 Å². The monoisotopic (exact) mass is 659 g/mol. The third kappa shape index (κ3) is 4.55. The van der Waals surface area contributed by atoms with Gasteiger partial charge in [-0.05, 0) is 72.8 Å². The maximum absolute atomic E-state index is 7.02. The standard InChI is InChI=1S/C45H29N3OS/c1-4-16-31(17-5-1)47(32-18-6-2-7-19-32)38-28-27-36-42-40(29-30-15-10-12-24-37(30)46-42)49-44(36)43(38)48(33-20-8-3-9-21-33)39-25-14-23-35-34-22-11-13-26-41(34)50-45(35)39/h1-29H. The van der Waals surface area contributed by atoms with E-state index in [9.17, 15) is 0 Å². The molecule has 0 saturated carbocycles. The van der Waals surface area contributed by atoms with Gasteiger partial charge in [-0.1, -0.05) is 103 Å². The Morgan fingerprint density at radius 2 is 1.10 bits per heavy atom. The quantitative estimate of drug-likeness (QED) is 0.178. The van der Waals surface area contributed by atoms with E-state index in [0.717, 1.165) is 67.1 Å². The molecule has 0 N–H and O–H groups in total. The number of anilines is 6. The van der Waals surface area contributed by atoms with Gasteiger partial charge < -0.3 is 14.2 Å². The van der Waals surface area contributed by atoms with Crippen LogP contribution in [0.15, 0.2) is 180 Å². The topological polar surface area (TPSA) is 32.5 Å². The number of rotatable bonds is 6. The lowest BCUT2D eigenvalue weighted by atomic mass is 10.1. The molecule has 236 valence electrons. The molecular weight excluding hydrogens is 631 g/mol. The van der Waals surface area contributed by atoms with Gasteiger partial charge >= 0.3 is 0 Å². The van der Waals surface area contributed by atoms with Gasteiger partial charge in [-0.2, -0.15) is 0 Å². The zero-order chi connectivity index (χ0) is 33.0. The lowest BCUT2D eigenvalue weighted by Crippen LogP contribution is -2.17. The van der Waals surface area contributed by atoms with Crippen LogP contribution in [-0.4, -0.2) is 4.98 Å². The van der Waals surface area contributed by atoms with Gasteiger partial charge in [-0.25, -0.2) is 4.98 Å². The number of benzene rings is 7. The average Bonchev–Trinajstić information content (AvgIpc) is 3.74. The maximum atomic E-state index is 7.02. The van der Waals surface area contributed by atoms with Gasteiger partial charge in [-0.3, -0.25) is 0 Å². The van der Waals surface area contributed by atoms with Crippen LogP contribution in [0.4, 0.5) is 34.1 Å². The zero-order valence-corrected chi connectivity index (χ0v) is 27.7. The Morgan fingerprint density at radius 3 is 1.84 bits per heavy atom. The Morgan fingerprint density at radius 1 is 0.480 bits per heavy atom. The molecule has 0 bridgehead atoms. The number of pyridine rings is 1. The van der Waals surface area contributed by atoms with Crippen molar-refractivity contribution in [2.75, 3.05) is 9.80 Å².